The van der Waals surface area contributed by atoms with E-state index in [4.69, 9.17) is 0 Å². The maximum atomic E-state index is 13.3. The maximum absolute atomic E-state index is 13.3. The number of hydrogen-bond donors (Lipinski definition) is 0. The van der Waals surface area contributed by atoms with Gasteiger partial charge in [-0.25, -0.2) is 8.42 Å². The summed E-state index contributed by atoms with van der Waals surface area (Å²) in [4.78, 5) is 40.8. The summed E-state index contributed by atoms with van der Waals surface area (Å²) in [7, 11) is -3.14. The number of carbonyl (C=O) groups excluding carboxylic acids is 3. The molecule has 2 heterocycles. The van der Waals surface area contributed by atoms with Crippen LogP contribution in [0.2, 0.25) is 0 Å². The second-order valence-electron chi connectivity index (χ2n) is 8.48. The first kappa shape index (κ1) is 19.2. The number of piperidine rings is 1. The van der Waals surface area contributed by atoms with Crippen LogP contribution in [0, 0.1) is 0 Å². The van der Waals surface area contributed by atoms with E-state index in [0.717, 1.165) is 12.8 Å². The van der Waals surface area contributed by atoms with Crippen molar-refractivity contribution in [1.82, 2.24) is 4.90 Å². The molecule has 5 rings (SSSR count). The molecule has 1 amide bonds. The average molecular weight is 423 g/mol. The molecule has 6 nitrogen and oxygen atoms in total. The Balaban J connectivity index is 1.48. The molecule has 2 fully saturated rings. The molecule has 1 aliphatic carbocycles. The van der Waals surface area contributed by atoms with Gasteiger partial charge in [0.25, 0.3) is 5.91 Å². The quantitative estimate of drug-likeness (QED) is 0.632. The molecule has 154 valence electrons. The predicted octanol–water partition coefficient (Wildman–Crippen LogP) is 2.64. The van der Waals surface area contributed by atoms with Crippen molar-refractivity contribution in [3.05, 3.63) is 70.3 Å². The molecule has 3 aliphatic rings. The molecule has 2 aliphatic heterocycles. The highest BCUT2D eigenvalue weighted by Gasteiger charge is 2.46. The van der Waals surface area contributed by atoms with Crippen molar-refractivity contribution in [2.24, 2.45) is 0 Å². The molecule has 2 atom stereocenters. The molecule has 0 saturated carbocycles. The number of ketones is 2. The number of rotatable bonds is 2. The molecule has 30 heavy (non-hydrogen) atoms. The Bertz CT molecular complexity index is 1200. The molecule has 2 aromatic carbocycles. The summed E-state index contributed by atoms with van der Waals surface area (Å²) in [5.41, 5.74) is 1.67. The van der Waals surface area contributed by atoms with E-state index in [0.29, 0.717) is 35.1 Å². The molecule has 7 heteroatoms. The van der Waals surface area contributed by atoms with Crippen LogP contribution in [0.5, 0.6) is 0 Å². The minimum Gasteiger partial charge on any atom is -0.333 e. The zero-order valence-electron chi connectivity index (χ0n) is 16.5. The molecular formula is C23H21NO5S. The van der Waals surface area contributed by atoms with Crippen LogP contribution in [0.3, 0.4) is 0 Å². The molecular weight excluding hydrogens is 402 g/mol. The third-order valence-electron chi connectivity index (χ3n) is 6.70. The zero-order chi connectivity index (χ0) is 21.2. The lowest BCUT2D eigenvalue weighted by Gasteiger charge is -2.38. The Morgan fingerprint density at radius 1 is 0.867 bits per heavy atom. The van der Waals surface area contributed by atoms with Crippen molar-refractivity contribution in [2.75, 3.05) is 6.26 Å². The molecule has 2 bridgehead atoms. The van der Waals surface area contributed by atoms with E-state index in [9.17, 15) is 22.8 Å². The van der Waals surface area contributed by atoms with Crippen molar-refractivity contribution >= 4 is 27.3 Å². The highest BCUT2D eigenvalue weighted by atomic mass is 32.2. The van der Waals surface area contributed by atoms with Gasteiger partial charge < -0.3 is 4.90 Å². The average Bonchev–Trinajstić information content (AvgIpc) is 2.99. The highest BCUT2D eigenvalue weighted by molar-refractivity contribution is 7.91. The van der Waals surface area contributed by atoms with Crippen LogP contribution in [0.4, 0.5) is 0 Å². The summed E-state index contributed by atoms with van der Waals surface area (Å²) in [6, 6.07) is 11.2. The lowest BCUT2D eigenvalue weighted by molar-refractivity contribution is 0.0598. The van der Waals surface area contributed by atoms with Gasteiger partial charge in [-0.05, 0) is 43.9 Å². The summed E-state index contributed by atoms with van der Waals surface area (Å²) in [5.74, 6) is -0.668. The molecule has 2 saturated heterocycles. The molecule has 2 unspecified atom stereocenters. The van der Waals surface area contributed by atoms with E-state index in [1.807, 2.05) is 0 Å². The van der Waals surface area contributed by atoms with Crippen molar-refractivity contribution < 1.29 is 22.8 Å². The summed E-state index contributed by atoms with van der Waals surface area (Å²) < 4.78 is 24.0. The summed E-state index contributed by atoms with van der Waals surface area (Å²) >= 11 is 0. The standard InChI is InChI=1S/C23H21NO5S/c1-30(28,29)16-11-14-7-8-15(12-16)24(14)23(27)13-6-9-19-20(10-13)22(26)18-5-3-2-4-17(18)21(19)25/h2-6,9-10,14-16H,7-8,11-12H2,1H3. The fourth-order valence-corrected chi connectivity index (χ4v) is 6.33. The number of benzene rings is 2. The topological polar surface area (TPSA) is 88.6 Å². The minimum atomic E-state index is -3.14. The second kappa shape index (κ2) is 6.60. The van der Waals surface area contributed by atoms with Gasteiger partial charge in [0.15, 0.2) is 11.6 Å². The van der Waals surface area contributed by atoms with E-state index in [-0.39, 0.29) is 35.1 Å². The van der Waals surface area contributed by atoms with Crippen LogP contribution in [0.1, 0.15) is 67.9 Å². The van der Waals surface area contributed by atoms with Gasteiger partial charge in [-0.15, -0.1) is 0 Å². The van der Waals surface area contributed by atoms with E-state index in [1.54, 1.807) is 41.3 Å². The first-order valence-corrected chi connectivity index (χ1v) is 12.0. The lowest BCUT2D eigenvalue weighted by Crippen LogP contribution is -2.49. The third kappa shape index (κ3) is 2.83. The Kier molecular flexibility index (Phi) is 4.22. The Morgan fingerprint density at radius 3 is 1.97 bits per heavy atom. The van der Waals surface area contributed by atoms with Gasteiger partial charge >= 0.3 is 0 Å². The molecule has 0 radical (unpaired) electrons. The van der Waals surface area contributed by atoms with Crippen molar-refractivity contribution in [1.29, 1.82) is 0 Å². The largest absolute Gasteiger partial charge is 0.333 e. The van der Waals surface area contributed by atoms with Gasteiger partial charge in [0, 0.05) is 46.2 Å². The molecule has 0 N–H and O–H groups in total. The van der Waals surface area contributed by atoms with Crippen LogP contribution in [0.15, 0.2) is 42.5 Å². The maximum Gasteiger partial charge on any atom is 0.254 e. The number of nitrogens with zero attached hydrogens (tertiary/aromatic N) is 1. The number of hydrogen-bond acceptors (Lipinski definition) is 5. The lowest BCUT2D eigenvalue weighted by atomic mass is 9.83. The monoisotopic (exact) mass is 423 g/mol. The molecule has 0 spiro atoms. The fourth-order valence-electron chi connectivity index (χ4n) is 5.19. The van der Waals surface area contributed by atoms with Gasteiger partial charge in [-0.2, -0.15) is 0 Å². The summed E-state index contributed by atoms with van der Waals surface area (Å²) in [5, 5.41) is -0.404. The predicted molar refractivity (Wildman–Crippen MR) is 111 cm³/mol. The van der Waals surface area contributed by atoms with E-state index in [2.05, 4.69) is 0 Å². The van der Waals surface area contributed by atoms with Crippen LogP contribution >= 0.6 is 0 Å². The summed E-state index contributed by atoms with van der Waals surface area (Å²) in [6.07, 6.45) is 3.75. The minimum absolute atomic E-state index is 0.106. The third-order valence-corrected chi connectivity index (χ3v) is 8.30. The van der Waals surface area contributed by atoms with Gasteiger partial charge in [0.05, 0.1) is 5.25 Å². The number of amides is 1. The Labute approximate surface area is 174 Å². The van der Waals surface area contributed by atoms with E-state index < -0.39 is 15.1 Å². The normalized spacial score (nSPS) is 25.1. The van der Waals surface area contributed by atoms with Gasteiger partial charge in [0.2, 0.25) is 0 Å². The molecule has 0 aromatic heterocycles. The second-order valence-corrected chi connectivity index (χ2v) is 10.8. The van der Waals surface area contributed by atoms with Gasteiger partial charge in [0.1, 0.15) is 9.84 Å². The Hall–Kier alpha value is -2.80. The number of fused-ring (bicyclic) bond motifs is 4. The van der Waals surface area contributed by atoms with Crippen LogP contribution in [0.25, 0.3) is 0 Å². The summed E-state index contributed by atoms with van der Waals surface area (Å²) in [6.45, 7) is 0. The number of sulfone groups is 1. The van der Waals surface area contributed by atoms with Crippen molar-refractivity contribution in [3.63, 3.8) is 0 Å². The van der Waals surface area contributed by atoms with Crippen molar-refractivity contribution in [2.45, 2.75) is 43.0 Å². The van der Waals surface area contributed by atoms with Gasteiger partial charge in [-0.3, -0.25) is 14.4 Å². The van der Waals surface area contributed by atoms with E-state index >= 15 is 0 Å². The SMILES string of the molecule is CS(=O)(=O)C1CC2CCC(C1)N2C(=O)c1ccc2c(c1)C(=O)c1ccccc1C2=O. The first-order valence-electron chi connectivity index (χ1n) is 10.1. The van der Waals surface area contributed by atoms with Crippen LogP contribution in [-0.2, 0) is 9.84 Å². The van der Waals surface area contributed by atoms with Crippen molar-refractivity contribution in [3.8, 4) is 0 Å². The van der Waals surface area contributed by atoms with Gasteiger partial charge in [-0.1, -0.05) is 24.3 Å². The first-order chi connectivity index (χ1) is 14.3. The Morgan fingerprint density at radius 2 is 1.40 bits per heavy atom. The smallest absolute Gasteiger partial charge is 0.254 e. The highest BCUT2D eigenvalue weighted by Crippen LogP contribution is 2.39. The molecule has 2 aromatic rings. The number of carbonyl (C=O) groups is 3. The zero-order valence-corrected chi connectivity index (χ0v) is 17.3. The van der Waals surface area contributed by atoms with E-state index in [1.165, 1.54) is 12.3 Å². The fraction of sp³-hybridized carbons (Fsp3) is 0.348. The van der Waals surface area contributed by atoms with Crippen LogP contribution in [-0.4, -0.2) is 54.4 Å². The van der Waals surface area contributed by atoms with Crippen LogP contribution < -0.4 is 0 Å².